The molecule has 0 spiro atoms. The minimum atomic E-state index is 0.292. The zero-order valence-corrected chi connectivity index (χ0v) is 11.2. The lowest BCUT2D eigenvalue weighted by Crippen LogP contribution is -2.18. The maximum atomic E-state index is 5.89. The molecule has 1 atom stereocenters. The lowest BCUT2D eigenvalue weighted by Gasteiger charge is -2.14. The van der Waals surface area contributed by atoms with Crippen molar-refractivity contribution in [3.8, 4) is 0 Å². The lowest BCUT2D eigenvalue weighted by molar-refractivity contribution is 0.191. The third kappa shape index (κ3) is 4.55. The summed E-state index contributed by atoms with van der Waals surface area (Å²) in [7, 11) is 1.69. The van der Waals surface area contributed by atoms with E-state index in [-0.39, 0.29) is 0 Å². The van der Waals surface area contributed by atoms with Crippen LogP contribution in [-0.4, -0.2) is 36.0 Å². The van der Waals surface area contributed by atoms with Crippen molar-refractivity contribution in [3.63, 3.8) is 0 Å². The van der Waals surface area contributed by atoms with Crippen LogP contribution in [0, 0.1) is 0 Å². The molecule has 0 fully saturated rings. The zero-order chi connectivity index (χ0) is 12.0. The Morgan fingerprint density at radius 2 is 2.31 bits per heavy atom. The van der Waals surface area contributed by atoms with E-state index < -0.39 is 0 Å². The standard InChI is InChI=1S/C10H16ClN3OS/c1-7(4-5-15-2)12-9-6-8(11)13-10(14-9)16-3/h6-7H,4-5H2,1-3H3,(H,12,13,14). The summed E-state index contributed by atoms with van der Waals surface area (Å²) in [5, 5.41) is 4.40. The molecule has 90 valence electrons. The first kappa shape index (κ1) is 13.5. The second kappa shape index (κ2) is 6.93. The molecule has 4 nitrogen and oxygen atoms in total. The van der Waals surface area contributed by atoms with Gasteiger partial charge in [-0.05, 0) is 19.6 Å². The third-order valence-electron chi connectivity index (χ3n) is 2.01. The quantitative estimate of drug-likeness (QED) is 0.485. The summed E-state index contributed by atoms with van der Waals surface area (Å²) in [5.41, 5.74) is 0. The number of thioether (sulfide) groups is 1. The molecule has 1 aromatic rings. The van der Waals surface area contributed by atoms with Crippen LogP contribution in [0.1, 0.15) is 13.3 Å². The largest absolute Gasteiger partial charge is 0.385 e. The van der Waals surface area contributed by atoms with Gasteiger partial charge in [-0.3, -0.25) is 0 Å². The van der Waals surface area contributed by atoms with Gasteiger partial charge in [0.25, 0.3) is 0 Å². The van der Waals surface area contributed by atoms with E-state index in [9.17, 15) is 0 Å². The molecule has 0 saturated heterocycles. The molecule has 0 radical (unpaired) electrons. The molecule has 1 N–H and O–H groups in total. The maximum Gasteiger partial charge on any atom is 0.190 e. The van der Waals surface area contributed by atoms with Crippen LogP contribution < -0.4 is 5.32 Å². The predicted octanol–water partition coefficient (Wildman–Crippen LogP) is 2.69. The fraction of sp³-hybridized carbons (Fsp3) is 0.600. The Kier molecular flexibility index (Phi) is 5.87. The van der Waals surface area contributed by atoms with Crippen molar-refractivity contribution < 1.29 is 4.74 Å². The van der Waals surface area contributed by atoms with Crippen LogP contribution in [0.5, 0.6) is 0 Å². The second-order valence-corrected chi connectivity index (χ2v) is 4.55. The molecular formula is C10H16ClN3OS. The number of nitrogens with one attached hydrogen (secondary N) is 1. The fourth-order valence-electron chi connectivity index (χ4n) is 1.18. The SMILES string of the molecule is COCCC(C)Nc1cc(Cl)nc(SC)n1. The van der Waals surface area contributed by atoms with Gasteiger partial charge in [-0.15, -0.1) is 0 Å². The highest BCUT2D eigenvalue weighted by Crippen LogP contribution is 2.18. The smallest absolute Gasteiger partial charge is 0.190 e. The van der Waals surface area contributed by atoms with Crippen LogP contribution in [0.3, 0.4) is 0 Å². The van der Waals surface area contributed by atoms with E-state index in [4.69, 9.17) is 16.3 Å². The van der Waals surface area contributed by atoms with E-state index in [1.54, 1.807) is 13.2 Å². The Morgan fingerprint density at radius 3 is 2.94 bits per heavy atom. The van der Waals surface area contributed by atoms with Gasteiger partial charge in [0, 0.05) is 25.8 Å². The molecule has 1 heterocycles. The topological polar surface area (TPSA) is 47.0 Å². The van der Waals surface area contributed by atoms with Crippen molar-refractivity contribution in [2.75, 3.05) is 25.3 Å². The van der Waals surface area contributed by atoms with Crippen LogP contribution in [0.15, 0.2) is 11.2 Å². The van der Waals surface area contributed by atoms with Crippen LogP contribution in [0.25, 0.3) is 0 Å². The summed E-state index contributed by atoms with van der Waals surface area (Å²) in [5.74, 6) is 0.757. The van der Waals surface area contributed by atoms with Gasteiger partial charge in [0.1, 0.15) is 11.0 Å². The molecule has 0 amide bonds. The highest BCUT2D eigenvalue weighted by Gasteiger charge is 2.06. The van der Waals surface area contributed by atoms with Crippen LogP contribution >= 0.6 is 23.4 Å². The Labute approximate surface area is 105 Å². The third-order valence-corrected chi connectivity index (χ3v) is 2.75. The first-order valence-electron chi connectivity index (χ1n) is 4.99. The van der Waals surface area contributed by atoms with Crippen LogP contribution in [0.4, 0.5) is 5.82 Å². The number of rotatable bonds is 6. The van der Waals surface area contributed by atoms with Gasteiger partial charge in [-0.1, -0.05) is 23.4 Å². The number of hydrogen-bond donors (Lipinski definition) is 1. The molecule has 1 aromatic heterocycles. The maximum absolute atomic E-state index is 5.89. The monoisotopic (exact) mass is 261 g/mol. The van der Waals surface area contributed by atoms with Gasteiger partial charge in [-0.2, -0.15) is 0 Å². The summed E-state index contributed by atoms with van der Waals surface area (Å²) < 4.78 is 5.02. The van der Waals surface area contributed by atoms with E-state index in [1.807, 2.05) is 6.26 Å². The lowest BCUT2D eigenvalue weighted by atomic mass is 10.2. The van der Waals surface area contributed by atoms with E-state index in [1.165, 1.54) is 11.8 Å². The summed E-state index contributed by atoms with van der Waals surface area (Å²) >= 11 is 7.36. The van der Waals surface area contributed by atoms with Crippen molar-refractivity contribution in [1.82, 2.24) is 9.97 Å². The van der Waals surface area contributed by atoms with Gasteiger partial charge in [0.15, 0.2) is 5.16 Å². The average Bonchev–Trinajstić information content (AvgIpc) is 2.25. The number of halogens is 1. The highest BCUT2D eigenvalue weighted by molar-refractivity contribution is 7.98. The molecule has 1 unspecified atom stereocenters. The molecular weight excluding hydrogens is 246 g/mol. The van der Waals surface area contributed by atoms with Crippen molar-refractivity contribution >= 4 is 29.2 Å². The molecule has 0 saturated carbocycles. The summed E-state index contributed by atoms with van der Waals surface area (Å²) in [6.45, 7) is 2.80. The van der Waals surface area contributed by atoms with Crippen molar-refractivity contribution in [3.05, 3.63) is 11.2 Å². The van der Waals surface area contributed by atoms with Crippen molar-refractivity contribution in [2.45, 2.75) is 24.5 Å². The number of methoxy groups -OCH3 is 1. The highest BCUT2D eigenvalue weighted by atomic mass is 35.5. The van der Waals surface area contributed by atoms with Crippen molar-refractivity contribution in [2.24, 2.45) is 0 Å². The molecule has 1 rings (SSSR count). The number of aromatic nitrogens is 2. The number of anilines is 1. The number of nitrogens with zero attached hydrogens (tertiary/aromatic N) is 2. The van der Waals surface area contributed by atoms with E-state index in [0.29, 0.717) is 16.4 Å². The normalized spacial score (nSPS) is 12.5. The summed E-state index contributed by atoms with van der Waals surface area (Å²) in [6, 6.07) is 2.02. The van der Waals surface area contributed by atoms with E-state index >= 15 is 0 Å². The van der Waals surface area contributed by atoms with Crippen LogP contribution in [-0.2, 0) is 4.74 Å². The molecule has 6 heteroatoms. The average molecular weight is 262 g/mol. The first-order valence-corrected chi connectivity index (χ1v) is 6.60. The molecule has 0 bridgehead atoms. The second-order valence-electron chi connectivity index (χ2n) is 3.39. The van der Waals surface area contributed by atoms with E-state index in [0.717, 1.165) is 18.8 Å². The Bertz CT molecular complexity index is 338. The molecule has 16 heavy (non-hydrogen) atoms. The Morgan fingerprint density at radius 1 is 1.56 bits per heavy atom. The number of ether oxygens (including phenoxy) is 1. The van der Waals surface area contributed by atoms with E-state index in [2.05, 4.69) is 22.2 Å². The molecule has 0 aliphatic heterocycles. The van der Waals surface area contributed by atoms with Gasteiger partial charge in [0.05, 0.1) is 0 Å². The number of hydrogen-bond acceptors (Lipinski definition) is 5. The summed E-state index contributed by atoms with van der Waals surface area (Å²) in [4.78, 5) is 8.39. The Balaban J connectivity index is 2.61. The van der Waals surface area contributed by atoms with Gasteiger partial charge < -0.3 is 10.1 Å². The fourth-order valence-corrected chi connectivity index (χ4v) is 1.79. The minimum absolute atomic E-state index is 0.292. The van der Waals surface area contributed by atoms with Crippen LogP contribution in [0.2, 0.25) is 5.15 Å². The zero-order valence-electron chi connectivity index (χ0n) is 9.66. The molecule has 0 aromatic carbocycles. The van der Waals surface area contributed by atoms with Crippen molar-refractivity contribution in [1.29, 1.82) is 0 Å². The summed E-state index contributed by atoms with van der Waals surface area (Å²) in [6.07, 6.45) is 2.84. The molecule has 0 aliphatic rings. The van der Waals surface area contributed by atoms with Gasteiger partial charge in [0.2, 0.25) is 0 Å². The minimum Gasteiger partial charge on any atom is -0.385 e. The van der Waals surface area contributed by atoms with Gasteiger partial charge in [-0.25, -0.2) is 9.97 Å². The first-order chi connectivity index (χ1) is 7.65. The Hall–Kier alpha value is -0.520. The predicted molar refractivity (Wildman–Crippen MR) is 68.4 cm³/mol. The molecule has 0 aliphatic carbocycles. The van der Waals surface area contributed by atoms with Gasteiger partial charge >= 0.3 is 0 Å².